The molecule has 44 heavy (non-hydrogen) atoms. The summed E-state index contributed by atoms with van der Waals surface area (Å²) in [5.41, 5.74) is 3.80. The Hall–Kier alpha value is -3.77. The van der Waals surface area contributed by atoms with Crippen molar-refractivity contribution in [3.05, 3.63) is 71.9 Å². The molecule has 2 heterocycles. The van der Waals surface area contributed by atoms with Crippen molar-refractivity contribution in [2.75, 3.05) is 46.2 Å². The van der Waals surface area contributed by atoms with Crippen LogP contribution < -0.4 is 5.32 Å². The van der Waals surface area contributed by atoms with Crippen LogP contribution in [0, 0.1) is 0 Å². The molecule has 0 saturated carbocycles. The number of ether oxygens (including phenoxy) is 3. The van der Waals surface area contributed by atoms with E-state index in [4.69, 9.17) is 24.4 Å². The predicted octanol–water partition coefficient (Wildman–Crippen LogP) is 3.85. The summed E-state index contributed by atoms with van der Waals surface area (Å²) in [6.07, 6.45) is 5.36. The molecular weight excluding hydrogens is 566 g/mol. The van der Waals surface area contributed by atoms with Crippen LogP contribution in [0.1, 0.15) is 49.3 Å². The molecular formula is C33H43N3O8. The van der Waals surface area contributed by atoms with E-state index >= 15 is 0 Å². The normalized spacial score (nSPS) is 15.5. The van der Waals surface area contributed by atoms with Gasteiger partial charge in [0.25, 0.3) is 0 Å². The van der Waals surface area contributed by atoms with Crippen molar-refractivity contribution in [2.24, 2.45) is 0 Å². The van der Waals surface area contributed by atoms with Gasteiger partial charge in [-0.2, -0.15) is 0 Å². The van der Waals surface area contributed by atoms with Crippen LogP contribution in [0.4, 0.5) is 0 Å². The van der Waals surface area contributed by atoms with E-state index in [-0.39, 0.29) is 51.8 Å². The number of carbonyl (C=O) groups is 3. The van der Waals surface area contributed by atoms with Crippen molar-refractivity contribution >= 4 is 28.7 Å². The van der Waals surface area contributed by atoms with E-state index in [2.05, 4.69) is 75.6 Å². The molecule has 0 aliphatic carbocycles. The largest absolute Gasteiger partial charge is 0.481 e. The van der Waals surface area contributed by atoms with E-state index in [1.165, 1.54) is 35.8 Å². The van der Waals surface area contributed by atoms with Crippen molar-refractivity contribution in [3.8, 4) is 0 Å². The van der Waals surface area contributed by atoms with Crippen LogP contribution in [0.15, 0.2) is 60.8 Å². The Morgan fingerprint density at radius 2 is 1.59 bits per heavy atom. The number of fused-ring (bicyclic) bond motifs is 1. The summed E-state index contributed by atoms with van der Waals surface area (Å²) in [6, 6.07) is 19.2. The van der Waals surface area contributed by atoms with Gasteiger partial charge in [0.15, 0.2) is 0 Å². The first-order valence-corrected chi connectivity index (χ1v) is 15.2. The van der Waals surface area contributed by atoms with Gasteiger partial charge in [-0.1, -0.05) is 48.9 Å². The summed E-state index contributed by atoms with van der Waals surface area (Å²) < 4.78 is 18.5. The zero-order valence-corrected chi connectivity index (χ0v) is 25.1. The van der Waals surface area contributed by atoms with Gasteiger partial charge in [0.1, 0.15) is 6.61 Å². The second-order valence-electron chi connectivity index (χ2n) is 11.0. The monoisotopic (exact) mass is 609 g/mol. The minimum absolute atomic E-state index is 0.00842. The molecule has 0 bridgehead atoms. The number of rotatable bonds is 19. The lowest BCUT2D eigenvalue weighted by atomic mass is 9.94. The molecule has 2 aromatic carbocycles. The maximum atomic E-state index is 12.5. The molecule has 1 aliphatic heterocycles. The fourth-order valence-electron chi connectivity index (χ4n) is 5.57. The second kappa shape index (κ2) is 17.5. The molecule has 11 heteroatoms. The number of carboxylic acids is 2. The van der Waals surface area contributed by atoms with Crippen LogP contribution in [-0.2, 0) is 41.7 Å². The van der Waals surface area contributed by atoms with E-state index in [1.54, 1.807) is 0 Å². The highest BCUT2D eigenvalue weighted by Crippen LogP contribution is 2.33. The van der Waals surface area contributed by atoms with Crippen molar-refractivity contribution in [3.63, 3.8) is 0 Å². The highest BCUT2D eigenvalue weighted by Gasteiger charge is 2.24. The highest BCUT2D eigenvalue weighted by atomic mass is 16.5. The summed E-state index contributed by atoms with van der Waals surface area (Å²) in [5.74, 6) is -2.34. The zero-order valence-electron chi connectivity index (χ0n) is 25.1. The molecule has 1 saturated heterocycles. The molecule has 3 N–H and O–H groups in total. The summed E-state index contributed by atoms with van der Waals surface area (Å²) in [4.78, 5) is 36.5. The van der Waals surface area contributed by atoms with Crippen LogP contribution in [0.2, 0.25) is 0 Å². The number of carboxylic acid groups (broad SMARTS) is 2. The molecule has 1 amide bonds. The topological polar surface area (TPSA) is 140 Å². The van der Waals surface area contributed by atoms with E-state index in [9.17, 15) is 14.4 Å². The quantitative estimate of drug-likeness (QED) is 0.173. The number of hydrogen-bond donors (Lipinski definition) is 3. The van der Waals surface area contributed by atoms with Gasteiger partial charge in [0.05, 0.1) is 51.9 Å². The SMILES string of the molecule is O=C(O)CCOCC(COCCC(=O)O)NC(=O)COCCn1ccc2c(CN3CCCCC3c3ccccc3)cccc21. The zero-order chi connectivity index (χ0) is 31.1. The van der Waals surface area contributed by atoms with Crippen molar-refractivity contribution in [1.82, 2.24) is 14.8 Å². The number of benzene rings is 2. The van der Waals surface area contributed by atoms with Gasteiger partial charge < -0.3 is 34.3 Å². The summed E-state index contributed by atoms with van der Waals surface area (Å²) in [6.45, 7) is 2.77. The minimum atomic E-state index is -0.984. The molecule has 0 radical (unpaired) electrons. The number of aliphatic carboxylic acids is 2. The fraction of sp³-hybridized carbons (Fsp3) is 0.485. The molecule has 1 aliphatic rings. The third kappa shape index (κ3) is 10.4. The molecule has 4 rings (SSSR count). The Labute approximate surface area is 257 Å². The summed E-state index contributed by atoms with van der Waals surface area (Å²) in [5, 5.41) is 21.5. The van der Waals surface area contributed by atoms with E-state index in [0.717, 1.165) is 18.6 Å². The average molecular weight is 610 g/mol. The molecule has 1 fully saturated rings. The molecule has 1 atom stereocenters. The Morgan fingerprint density at radius 3 is 2.30 bits per heavy atom. The van der Waals surface area contributed by atoms with Crippen molar-refractivity contribution in [2.45, 2.75) is 57.3 Å². The maximum Gasteiger partial charge on any atom is 0.305 e. The molecule has 1 aromatic heterocycles. The average Bonchev–Trinajstić information content (AvgIpc) is 3.44. The van der Waals surface area contributed by atoms with Gasteiger partial charge in [-0.05, 0) is 42.6 Å². The van der Waals surface area contributed by atoms with Gasteiger partial charge in [-0.25, -0.2) is 0 Å². The van der Waals surface area contributed by atoms with Crippen molar-refractivity contribution in [1.29, 1.82) is 0 Å². The smallest absolute Gasteiger partial charge is 0.305 e. The number of carbonyl (C=O) groups excluding carboxylic acids is 1. The molecule has 3 aromatic rings. The number of likely N-dealkylation sites (tertiary alicyclic amines) is 1. The third-order valence-corrected chi connectivity index (χ3v) is 7.71. The van der Waals surface area contributed by atoms with Gasteiger partial charge >= 0.3 is 11.9 Å². The van der Waals surface area contributed by atoms with E-state index in [1.807, 2.05) is 0 Å². The predicted molar refractivity (Wildman–Crippen MR) is 164 cm³/mol. The van der Waals surface area contributed by atoms with Gasteiger partial charge in [0.2, 0.25) is 5.91 Å². The molecule has 11 nitrogen and oxygen atoms in total. The first kappa shape index (κ1) is 33.1. The Bertz CT molecular complexity index is 1320. The highest BCUT2D eigenvalue weighted by molar-refractivity contribution is 5.83. The van der Waals surface area contributed by atoms with Crippen molar-refractivity contribution < 1.29 is 38.8 Å². The van der Waals surface area contributed by atoms with Crippen LogP contribution in [0.3, 0.4) is 0 Å². The number of nitrogens with zero attached hydrogens (tertiary/aromatic N) is 2. The van der Waals surface area contributed by atoms with E-state index in [0.29, 0.717) is 19.2 Å². The number of nitrogens with one attached hydrogen (secondary N) is 1. The number of aromatic nitrogens is 1. The molecule has 1 unspecified atom stereocenters. The lowest BCUT2D eigenvalue weighted by Gasteiger charge is -2.36. The number of piperidine rings is 1. The Kier molecular flexibility index (Phi) is 13.2. The summed E-state index contributed by atoms with van der Waals surface area (Å²) >= 11 is 0. The lowest BCUT2D eigenvalue weighted by Crippen LogP contribution is -2.43. The van der Waals surface area contributed by atoms with Crippen LogP contribution in [0.25, 0.3) is 10.9 Å². The Morgan fingerprint density at radius 1 is 0.864 bits per heavy atom. The van der Waals surface area contributed by atoms with Gasteiger partial charge in [-0.15, -0.1) is 0 Å². The van der Waals surface area contributed by atoms with Crippen LogP contribution in [0.5, 0.6) is 0 Å². The first-order chi connectivity index (χ1) is 21.4. The van der Waals surface area contributed by atoms with Crippen LogP contribution in [-0.4, -0.2) is 89.8 Å². The number of amides is 1. The summed E-state index contributed by atoms with van der Waals surface area (Å²) in [7, 11) is 0. The number of hydrogen-bond acceptors (Lipinski definition) is 7. The molecule has 0 spiro atoms. The van der Waals surface area contributed by atoms with E-state index < -0.39 is 18.0 Å². The Balaban J connectivity index is 1.26. The standard InChI is InChI=1S/C33H43N3O8/c37-31(34-27(22-42-18-13-32(38)39)23-43-19-14-33(40)41)24-44-20-17-35-16-12-28-26(9-6-11-30(28)35)21-36-15-5-4-10-29(36)25-7-2-1-3-8-25/h1-3,6-9,11-12,16,27,29H,4-5,10,13-15,17-24H2,(H,34,37)(H,38,39)(H,40,41). The maximum absolute atomic E-state index is 12.5. The second-order valence-corrected chi connectivity index (χ2v) is 11.0. The van der Waals surface area contributed by atoms with Gasteiger partial charge in [0, 0.05) is 36.2 Å². The van der Waals surface area contributed by atoms with Gasteiger partial charge in [-0.3, -0.25) is 19.3 Å². The lowest BCUT2D eigenvalue weighted by molar-refractivity contribution is -0.139. The molecule has 238 valence electrons. The first-order valence-electron chi connectivity index (χ1n) is 15.2. The fourth-order valence-corrected chi connectivity index (χ4v) is 5.57. The third-order valence-electron chi connectivity index (χ3n) is 7.71. The minimum Gasteiger partial charge on any atom is -0.481 e. The van der Waals surface area contributed by atoms with Crippen LogP contribution >= 0.6 is 0 Å².